The van der Waals surface area contributed by atoms with Crippen LogP contribution in [0.15, 0.2) is 121 Å². The quantitative estimate of drug-likeness (QED) is 0.0666. The zero-order valence-corrected chi connectivity index (χ0v) is 36.9. The van der Waals surface area contributed by atoms with Crippen LogP contribution in [0.1, 0.15) is 33.5 Å². The first kappa shape index (κ1) is 46.6. The molecule has 4 saturated heterocycles. The Morgan fingerprint density at radius 3 is 1.84 bits per heavy atom. The number of nitrogens with one attached hydrogen (secondary N) is 1. The minimum atomic E-state index is -2.11. The van der Waals surface area contributed by atoms with E-state index in [0.717, 1.165) is 22.7 Å². The van der Waals surface area contributed by atoms with Crippen molar-refractivity contribution in [2.45, 2.75) is 119 Å². The number of ether oxygens (including phenoxy) is 8. The zero-order chi connectivity index (χ0) is 44.4. The van der Waals surface area contributed by atoms with Gasteiger partial charge in [-0.05, 0) is 34.9 Å². The van der Waals surface area contributed by atoms with Gasteiger partial charge in [0.15, 0.2) is 6.29 Å². The van der Waals surface area contributed by atoms with Gasteiger partial charge in [-0.25, -0.2) is 4.79 Å². The number of esters is 1. The van der Waals surface area contributed by atoms with E-state index in [4.69, 9.17) is 37.9 Å². The third-order valence-electron chi connectivity index (χ3n) is 11.4. The molecule has 1 amide bonds. The van der Waals surface area contributed by atoms with Crippen LogP contribution in [0.3, 0.4) is 0 Å². The summed E-state index contributed by atoms with van der Waals surface area (Å²) >= 11 is 0. The molecule has 0 aromatic heterocycles. The van der Waals surface area contributed by atoms with Crippen molar-refractivity contribution < 1.29 is 62.8 Å². The van der Waals surface area contributed by atoms with Gasteiger partial charge in [-0.1, -0.05) is 129 Å². The van der Waals surface area contributed by atoms with Gasteiger partial charge >= 0.3 is 5.97 Å². The lowest BCUT2D eigenvalue weighted by molar-refractivity contribution is -0.353. The van der Waals surface area contributed by atoms with Crippen LogP contribution in [-0.2, 0) is 62.5 Å². The number of aliphatic hydroxyl groups is 3. The topological polar surface area (TPSA) is 181 Å². The van der Waals surface area contributed by atoms with Crippen LogP contribution in [0.2, 0.25) is 25.7 Å². The molecule has 338 valence electrons. The highest BCUT2D eigenvalue weighted by Crippen LogP contribution is 2.39. The van der Waals surface area contributed by atoms with E-state index in [0.29, 0.717) is 6.61 Å². The van der Waals surface area contributed by atoms with Crippen molar-refractivity contribution in [3.63, 3.8) is 0 Å². The van der Waals surface area contributed by atoms with Gasteiger partial charge in [0, 0.05) is 21.1 Å². The summed E-state index contributed by atoms with van der Waals surface area (Å²) in [5.41, 5.74) is 3.03. The second kappa shape index (κ2) is 21.5. The first-order valence-corrected chi connectivity index (χ1v) is 25.2. The number of carbonyl (C=O) groups excluding carboxylic acids is 2. The third kappa shape index (κ3) is 12.3. The molecule has 4 aliphatic heterocycles. The summed E-state index contributed by atoms with van der Waals surface area (Å²) in [7, 11) is -1.55. The number of hydrogen-bond donors (Lipinski definition) is 4. The second-order valence-corrected chi connectivity index (χ2v) is 23.1. The molecule has 63 heavy (non-hydrogen) atoms. The molecule has 15 heteroatoms. The van der Waals surface area contributed by atoms with E-state index < -0.39 is 93.5 Å². The summed E-state index contributed by atoms with van der Waals surface area (Å²) < 4.78 is 51.5. The highest BCUT2D eigenvalue weighted by molar-refractivity contribution is 6.76. The predicted octanol–water partition coefficient (Wildman–Crippen LogP) is 4.76. The number of aliphatic hydroxyl groups excluding tert-OH is 3. The van der Waals surface area contributed by atoms with Crippen molar-refractivity contribution in [1.29, 1.82) is 0 Å². The van der Waals surface area contributed by atoms with Crippen molar-refractivity contribution >= 4 is 20.0 Å². The van der Waals surface area contributed by atoms with Crippen molar-refractivity contribution in [1.82, 2.24) is 5.32 Å². The maximum atomic E-state index is 13.8. The molecule has 4 fully saturated rings. The van der Waals surface area contributed by atoms with Gasteiger partial charge in [0.05, 0.1) is 44.1 Å². The molecule has 14 nitrogen and oxygen atoms in total. The maximum absolute atomic E-state index is 13.8. The van der Waals surface area contributed by atoms with Gasteiger partial charge in [-0.15, -0.1) is 0 Å². The average Bonchev–Trinajstić information content (AvgIpc) is 3.29. The van der Waals surface area contributed by atoms with Crippen molar-refractivity contribution in [3.05, 3.63) is 144 Å². The first-order valence-electron chi connectivity index (χ1n) is 21.5. The Morgan fingerprint density at radius 1 is 0.762 bits per heavy atom. The summed E-state index contributed by atoms with van der Waals surface area (Å²) in [6.45, 7) is 6.90. The van der Waals surface area contributed by atoms with Gasteiger partial charge < -0.3 is 58.5 Å². The molecule has 2 bridgehead atoms. The fourth-order valence-electron chi connectivity index (χ4n) is 7.84. The van der Waals surface area contributed by atoms with Gasteiger partial charge in [0.25, 0.3) is 11.7 Å². The molecule has 0 saturated carbocycles. The van der Waals surface area contributed by atoms with E-state index in [1.165, 1.54) is 0 Å². The van der Waals surface area contributed by atoms with Gasteiger partial charge in [0.2, 0.25) is 0 Å². The number of piperidine rings is 1. The van der Waals surface area contributed by atoms with E-state index >= 15 is 0 Å². The van der Waals surface area contributed by atoms with Crippen LogP contribution in [0.25, 0.3) is 0 Å². The SMILES string of the molecule is C[Si](C)(C)CCO[C@@H]1O[C@H](CO[C@@]23C[C@H](O)[C@H](NC2=O)[C@H]([C@H](O)[C@H](O)COC(=O)c2ccccc2)O3)[C@@H](OCc2ccccc2)[C@H](OCc2ccccc2)[C@H]1OCc1ccccc1. The van der Waals surface area contributed by atoms with E-state index in [9.17, 15) is 24.9 Å². The fourth-order valence-corrected chi connectivity index (χ4v) is 8.57. The molecule has 4 heterocycles. The minimum Gasteiger partial charge on any atom is -0.459 e. The lowest BCUT2D eigenvalue weighted by Gasteiger charge is -2.53. The Bertz CT molecular complexity index is 2030. The molecular formula is C48H59NO13Si. The number of carbonyl (C=O) groups is 2. The molecule has 0 radical (unpaired) electrons. The molecular weight excluding hydrogens is 827 g/mol. The van der Waals surface area contributed by atoms with Crippen LogP contribution in [-0.4, -0.2) is 122 Å². The maximum Gasteiger partial charge on any atom is 0.338 e. The Balaban J connectivity index is 1.15. The second-order valence-electron chi connectivity index (χ2n) is 17.4. The number of benzene rings is 4. The molecule has 0 unspecified atom stereocenters. The van der Waals surface area contributed by atoms with E-state index in [-0.39, 0.29) is 38.4 Å². The Morgan fingerprint density at radius 2 is 1.29 bits per heavy atom. The predicted molar refractivity (Wildman–Crippen MR) is 233 cm³/mol. The smallest absolute Gasteiger partial charge is 0.338 e. The van der Waals surface area contributed by atoms with Crippen LogP contribution in [0.5, 0.6) is 0 Å². The largest absolute Gasteiger partial charge is 0.459 e. The summed E-state index contributed by atoms with van der Waals surface area (Å²) in [5.74, 6) is -3.48. The first-order chi connectivity index (χ1) is 30.4. The Kier molecular flexibility index (Phi) is 15.9. The fraction of sp³-hybridized carbons (Fsp3) is 0.458. The summed E-state index contributed by atoms with van der Waals surface area (Å²) in [6, 6.07) is 37.1. The minimum absolute atomic E-state index is 0.173. The number of hydrogen-bond acceptors (Lipinski definition) is 13. The van der Waals surface area contributed by atoms with Crippen molar-refractivity contribution in [3.8, 4) is 0 Å². The molecule has 11 atom stereocenters. The highest BCUT2D eigenvalue weighted by Gasteiger charge is 2.61. The molecule has 4 N–H and O–H groups in total. The van der Waals surface area contributed by atoms with E-state index in [2.05, 4.69) is 25.0 Å². The molecule has 4 aliphatic rings. The highest BCUT2D eigenvalue weighted by atomic mass is 28.3. The summed E-state index contributed by atoms with van der Waals surface area (Å²) in [6.07, 6.45) is -10.5. The molecule has 4 aromatic carbocycles. The molecule has 0 spiro atoms. The molecule has 0 aliphatic carbocycles. The lowest BCUT2D eigenvalue weighted by atomic mass is 9.84. The van der Waals surface area contributed by atoms with Crippen LogP contribution >= 0.6 is 0 Å². The van der Waals surface area contributed by atoms with E-state index in [1.807, 2.05) is 91.0 Å². The van der Waals surface area contributed by atoms with Gasteiger partial charge in [-0.2, -0.15) is 0 Å². The third-order valence-corrected chi connectivity index (χ3v) is 13.1. The number of rotatable bonds is 21. The monoisotopic (exact) mass is 885 g/mol. The number of fused-ring (bicyclic) bond motifs is 3. The number of amides is 1. The average molecular weight is 886 g/mol. The van der Waals surface area contributed by atoms with Gasteiger partial charge in [-0.3, -0.25) is 4.79 Å². The Hall–Kier alpha value is -4.36. The van der Waals surface area contributed by atoms with Crippen LogP contribution in [0.4, 0.5) is 0 Å². The normalized spacial score (nSPS) is 27.9. The molecule has 4 aromatic rings. The van der Waals surface area contributed by atoms with Crippen molar-refractivity contribution in [2.75, 3.05) is 19.8 Å². The Labute approximate surface area is 369 Å². The lowest BCUT2D eigenvalue weighted by Crippen LogP contribution is -2.76. The zero-order valence-electron chi connectivity index (χ0n) is 35.9. The number of morpholine rings is 1. The van der Waals surface area contributed by atoms with Crippen LogP contribution < -0.4 is 5.32 Å². The van der Waals surface area contributed by atoms with Crippen molar-refractivity contribution in [2.24, 2.45) is 0 Å². The summed E-state index contributed by atoms with van der Waals surface area (Å²) in [4.78, 5) is 26.4. The molecule has 8 rings (SSSR count). The summed E-state index contributed by atoms with van der Waals surface area (Å²) in [5, 5.41) is 36.4. The van der Waals surface area contributed by atoms with Crippen LogP contribution in [0, 0.1) is 0 Å². The van der Waals surface area contributed by atoms with Gasteiger partial charge in [0.1, 0.15) is 49.3 Å². The van der Waals surface area contributed by atoms with E-state index in [1.54, 1.807) is 30.3 Å². The standard InChI is InChI=1S/C48H59NO13Si/c1-63(2,3)25-24-55-46-44(58-29-34-20-12-6-13-21-34)43(57-28-33-18-10-5-11-19-33)41(56-27-32-16-8-4-9-17-32)38(61-46)31-60-48-26-36(50)39(49-47(48)54)42(62-48)40(52)37(51)30-59-45(53)35-22-14-7-15-23-35/h4-23,36-44,46,50-52H,24-31H2,1-3H3,(H,49,54)/t36-,37+,38+,39-,40+,41+,42+,43-,44+,46+,48+/m0/s1.